The van der Waals surface area contributed by atoms with Crippen molar-refractivity contribution in [3.63, 3.8) is 0 Å². The number of hydrazone groups is 1. The lowest BCUT2D eigenvalue weighted by Gasteiger charge is -2.19. The molecule has 0 radical (unpaired) electrons. The van der Waals surface area contributed by atoms with E-state index in [4.69, 9.17) is 0 Å². The number of carbonyl (C=O) groups is 1. The molecule has 2 aromatic heterocycles. The standard InChI is InChI=1S/C21H20N6OS/c1-13-8-9-17(10-14(13)2)27(15(3)28)21-23-16(12-29-21)11-22-26-20-24-18-6-4-5-7-19(18)25-20/h4-12H,1-3H3,(H2,24,25,26)/b22-11-. The number of benzene rings is 2. The van der Waals surface area contributed by atoms with Crippen molar-refractivity contribution in [2.24, 2.45) is 5.10 Å². The largest absolute Gasteiger partial charge is 0.323 e. The highest BCUT2D eigenvalue weighted by atomic mass is 32.1. The van der Waals surface area contributed by atoms with Gasteiger partial charge in [0, 0.05) is 12.3 Å². The van der Waals surface area contributed by atoms with Crippen molar-refractivity contribution in [2.75, 3.05) is 10.3 Å². The Bertz CT molecular complexity index is 1180. The van der Waals surface area contributed by atoms with E-state index in [2.05, 4.69) is 25.5 Å². The number of thiazole rings is 1. The molecule has 146 valence electrons. The molecular weight excluding hydrogens is 384 g/mol. The Balaban J connectivity index is 1.52. The summed E-state index contributed by atoms with van der Waals surface area (Å²) < 4.78 is 0. The fraction of sp³-hybridized carbons (Fsp3) is 0.143. The van der Waals surface area contributed by atoms with Crippen LogP contribution in [0.4, 0.5) is 16.8 Å². The summed E-state index contributed by atoms with van der Waals surface area (Å²) in [6.07, 6.45) is 1.60. The van der Waals surface area contributed by atoms with Crippen LogP contribution in [0.2, 0.25) is 0 Å². The van der Waals surface area contributed by atoms with Crippen molar-refractivity contribution in [1.82, 2.24) is 15.0 Å². The molecule has 2 aromatic carbocycles. The minimum absolute atomic E-state index is 0.0912. The second-order valence-electron chi connectivity index (χ2n) is 6.65. The van der Waals surface area contributed by atoms with Crippen LogP contribution < -0.4 is 10.3 Å². The minimum atomic E-state index is -0.0912. The molecule has 0 spiro atoms. The molecule has 4 aromatic rings. The quantitative estimate of drug-likeness (QED) is 0.371. The van der Waals surface area contributed by atoms with Gasteiger partial charge >= 0.3 is 0 Å². The number of hydrogen-bond donors (Lipinski definition) is 2. The molecule has 0 saturated heterocycles. The Morgan fingerprint density at radius 1 is 1.17 bits per heavy atom. The molecule has 0 saturated carbocycles. The molecule has 2 N–H and O–H groups in total. The third kappa shape index (κ3) is 4.02. The third-order valence-corrected chi connectivity index (χ3v) is 5.37. The van der Waals surface area contributed by atoms with E-state index in [1.807, 2.05) is 61.7 Å². The van der Waals surface area contributed by atoms with Crippen molar-refractivity contribution in [1.29, 1.82) is 0 Å². The highest BCUT2D eigenvalue weighted by Crippen LogP contribution is 2.29. The first-order valence-electron chi connectivity index (χ1n) is 9.08. The Morgan fingerprint density at radius 2 is 2.00 bits per heavy atom. The number of nitrogens with one attached hydrogen (secondary N) is 2. The Labute approximate surface area is 172 Å². The zero-order chi connectivity index (χ0) is 20.4. The predicted molar refractivity (Wildman–Crippen MR) is 118 cm³/mol. The first kappa shape index (κ1) is 18.8. The zero-order valence-corrected chi connectivity index (χ0v) is 17.1. The molecule has 1 amide bonds. The number of para-hydroxylation sites is 2. The average molecular weight is 404 g/mol. The summed E-state index contributed by atoms with van der Waals surface area (Å²) in [5, 5.41) is 6.66. The van der Waals surface area contributed by atoms with Gasteiger partial charge in [0.15, 0.2) is 5.13 Å². The van der Waals surface area contributed by atoms with Gasteiger partial charge in [-0.3, -0.25) is 9.69 Å². The van der Waals surface area contributed by atoms with Gasteiger partial charge in [0.1, 0.15) is 0 Å². The maximum Gasteiger partial charge on any atom is 0.230 e. The molecule has 0 aliphatic carbocycles. The van der Waals surface area contributed by atoms with Gasteiger partial charge in [0.2, 0.25) is 11.9 Å². The molecule has 4 rings (SSSR count). The van der Waals surface area contributed by atoms with E-state index in [9.17, 15) is 4.79 Å². The van der Waals surface area contributed by atoms with Crippen molar-refractivity contribution in [3.05, 3.63) is 64.7 Å². The third-order valence-electron chi connectivity index (χ3n) is 4.52. The number of rotatable bonds is 5. The fourth-order valence-electron chi connectivity index (χ4n) is 2.90. The Morgan fingerprint density at radius 3 is 2.76 bits per heavy atom. The first-order valence-corrected chi connectivity index (χ1v) is 9.96. The molecule has 0 aliphatic heterocycles. The van der Waals surface area contributed by atoms with E-state index in [-0.39, 0.29) is 5.91 Å². The number of hydrogen-bond acceptors (Lipinski definition) is 6. The van der Waals surface area contributed by atoms with Gasteiger partial charge in [0.25, 0.3) is 0 Å². The normalized spacial score (nSPS) is 11.3. The van der Waals surface area contributed by atoms with Crippen molar-refractivity contribution in [3.8, 4) is 0 Å². The van der Waals surface area contributed by atoms with E-state index in [0.29, 0.717) is 16.8 Å². The second kappa shape index (κ2) is 7.84. The SMILES string of the molecule is CC(=O)N(c1ccc(C)c(C)c1)c1nc(/C=N\Nc2nc3ccccc3[nH]2)cs1. The number of anilines is 3. The van der Waals surface area contributed by atoms with Crippen molar-refractivity contribution in [2.45, 2.75) is 20.8 Å². The number of aryl methyl sites for hydroxylation is 2. The Kier molecular flexibility index (Phi) is 5.09. The van der Waals surface area contributed by atoms with Crippen LogP contribution in [0.5, 0.6) is 0 Å². The lowest BCUT2D eigenvalue weighted by atomic mass is 10.1. The van der Waals surface area contributed by atoms with Crippen LogP contribution in [0.25, 0.3) is 11.0 Å². The molecule has 29 heavy (non-hydrogen) atoms. The Hall–Kier alpha value is -3.52. The number of amides is 1. The number of aromatic nitrogens is 3. The molecule has 2 heterocycles. The van der Waals surface area contributed by atoms with Gasteiger partial charge in [-0.15, -0.1) is 11.3 Å². The summed E-state index contributed by atoms with van der Waals surface area (Å²) in [7, 11) is 0. The highest BCUT2D eigenvalue weighted by Gasteiger charge is 2.18. The summed E-state index contributed by atoms with van der Waals surface area (Å²) in [4.78, 5) is 26.0. The summed E-state index contributed by atoms with van der Waals surface area (Å²) in [5.74, 6) is 0.463. The van der Waals surface area contributed by atoms with Crippen LogP contribution in [-0.2, 0) is 4.79 Å². The van der Waals surface area contributed by atoms with E-state index in [1.54, 1.807) is 11.1 Å². The first-order chi connectivity index (χ1) is 14.0. The number of aromatic amines is 1. The van der Waals surface area contributed by atoms with Gasteiger partial charge in [-0.1, -0.05) is 18.2 Å². The van der Waals surface area contributed by atoms with Crippen LogP contribution in [-0.4, -0.2) is 27.1 Å². The maximum absolute atomic E-state index is 12.3. The summed E-state index contributed by atoms with van der Waals surface area (Å²) in [6.45, 7) is 5.61. The lowest BCUT2D eigenvalue weighted by molar-refractivity contribution is -0.115. The number of H-pyrrole nitrogens is 1. The number of nitrogens with zero attached hydrogens (tertiary/aromatic N) is 4. The molecular formula is C21H20N6OS. The second-order valence-corrected chi connectivity index (χ2v) is 7.49. The molecule has 0 unspecified atom stereocenters. The van der Waals surface area contributed by atoms with Crippen LogP contribution in [0.1, 0.15) is 23.7 Å². The number of imidazole rings is 1. The smallest absolute Gasteiger partial charge is 0.230 e. The molecule has 7 nitrogen and oxygen atoms in total. The van der Waals surface area contributed by atoms with E-state index in [1.165, 1.54) is 23.8 Å². The highest BCUT2D eigenvalue weighted by molar-refractivity contribution is 7.14. The van der Waals surface area contributed by atoms with Gasteiger partial charge in [-0.25, -0.2) is 15.4 Å². The molecule has 0 fully saturated rings. The van der Waals surface area contributed by atoms with Crippen molar-refractivity contribution < 1.29 is 4.79 Å². The summed E-state index contributed by atoms with van der Waals surface area (Å²) in [6, 6.07) is 13.7. The summed E-state index contributed by atoms with van der Waals surface area (Å²) >= 11 is 1.39. The van der Waals surface area contributed by atoms with Gasteiger partial charge in [-0.05, 0) is 49.2 Å². The van der Waals surface area contributed by atoms with E-state index >= 15 is 0 Å². The van der Waals surface area contributed by atoms with Crippen LogP contribution >= 0.6 is 11.3 Å². The maximum atomic E-state index is 12.3. The number of fused-ring (bicyclic) bond motifs is 1. The van der Waals surface area contributed by atoms with Crippen LogP contribution in [0, 0.1) is 13.8 Å². The van der Waals surface area contributed by atoms with Crippen LogP contribution in [0.15, 0.2) is 52.9 Å². The average Bonchev–Trinajstić information content (AvgIpc) is 3.31. The molecule has 8 heteroatoms. The zero-order valence-electron chi connectivity index (χ0n) is 16.3. The topological polar surface area (TPSA) is 86.3 Å². The van der Waals surface area contributed by atoms with Gasteiger partial charge in [-0.2, -0.15) is 5.10 Å². The van der Waals surface area contributed by atoms with Gasteiger partial charge < -0.3 is 4.98 Å². The summed E-state index contributed by atoms with van der Waals surface area (Å²) in [5.41, 5.74) is 8.45. The van der Waals surface area contributed by atoms with Gasteiger partial charge in [0.05, 0.1) is 28.6 Å². The molecule has 0 aliphatic rings. The number of carbonyl (C=O) groups excluding carboxylic acids is 1. The van der Waals surface area contributed by atoms with Crippen LogP contribution in [0.3, 0.4) is 0 Å². The van der Waals surface area contributed by atoms with Crippen molar-refractivity contribution >= 4 is 51.3 Å². The van der Waals surface area contributed by atoms with E-state index in [0.717, 1.165) is 22.3 Å². The fourth-order valence-corrected chi connectivity index (χ4v) is 3.73. The minimum Gasteiger partial charge on any atom is -0.323 e. The predicted octanol–water partition coefficient (Wildman–Crippen LogP) is 4.77. The lowest BCUT2D eigenvalue weighted by Crippen LogP contribution is -2.22. The molecule has 0 atom stereocenters. The van der Waals surface area contributed by atoms with E-state index < -0.39 is 0 Å². The molecule has 0 bridgehead atoms. The monoisotopic (exact) mass is 404 g/mol.